The molecule has 1 aliphatic carbocycles. The van der Waals surface area contributed by atoms with Gasteiger partial charge >= 0.3 is 0 Å². The summed E-state index contributed by atoms with van der Waals surface area (Å²) < 4.78 is 0. The molecule has 1 aromatic rings. The first-order chi connectivity index (χ1) is 12.1. The minimum absolute atomic E-state index is 0.0492. The van der Waals surface area contributed by atoms with Crippen LogP contribution in [-0.4, -0.2) is 48.3 Å². The number of rotatable bonds is 4. The lowest BCUT2D eigenvalue weighted by molar-refractivity contribution is -0.128. The van der Waals surface area contributed by atoms with Crippen LogP contribution in [0.15, 0.2) is 30.3 Å². The highest BCUT2D eigenvalue weighted by atomic mass is 16.2. The summed E-state index contributed by atoms with van der Waals surface area (Å²) >= 11 is 0. The Balaban J connectivity index is 1.40. The largest absolute Gasteiger partial charge is 0.354 e. The summed E-state index contributed by atoms with van der Waals surface area (Å²) in [5.41, 5.74) is 0.0168. The number of benzene rings is 1. The second-order valence-electron chi connectivity index (χ2n) is 7.54. The summed E-state index contributed by atoms with van der Waals surface area (Å²) in [6.07, 6.45) is 3.44. The van der Waals surface area contributed by atoms with Crippen molar-refractivity contribution in [2.75, 3.05) is 19.6 Å². The topological polar surface area (TPSA) is 78.5 Å². The number of nitrogens with one attached hydrogen (secondary N) is 2. The lowest BCUT2D eigenvalue weighted by Crippen LogP contribution is -2.42. The molecule has 3 amide bonds. The minimum Gasteiger partial charge on any atom is -0.354 e. The Morgan fingerprint density at radius 3 is 2.72 bits per heavy atom. The van der Waals surface area contributed by atoms with E-state index in [0.29, 0.717) is 44.0 Å². The predicted molar refractivity (Wildman–Crippen MR) is 91.7 cm³/mol. The van der Waals surface area contributed by atoms with Crippen molar-refractivity contribution >= 4 is 17.7 Å². The van der Waals surface area contributed by atoms with Crippen molar-refractivity contribution in [2.24, 2.45) is 11.3 Å². The van der Waals surface area contributed by atoms with E-state index in [1.54, 1.807) is 17.0 Å². The molecule has 0 aromatic heterocycles. The fourth-order valence-corrected chi connectivity index (χ4v) is 3.86. The second-order valence-corrected chi connectivity index (χ2v) is 7.54. The van der Waals surface area contributed by atoms with Gasteiger partial charge in [-0.2, -0.15) is 0 Å². The second kappa shape index (κ2) is 6.17. The molecule has 0 radical (unpaired) electrons. The van der Waals surface area contributed by atoms with Gasteiger partial charge in [-0.15, -0.1) is 0 Å². The molecule has 6 nitrogen and oxygen atoms in total. The summed E-state index contributed by atoms with van der Waals surface area (Å²) in [5, 5.41) is 5.78. The zero-order valence-electron chi connectivity index (χ0n) is 14.2. The zero-order chi connectivity index (χ0) is 17.4. The molecule has 2 saturated heterocycles. The first-order valence-corrected chi connectivity index (χ1v) is 9.00. The van der Waals surface area contributed by atoms with Gasteiger partial charge in [0.05, 0.1) is 5.41 Å². The first-order valence-electron chi connectivity index (χ1n) is 9.00. The van der Waals surface area contributed by atoms with E-state index in [2.05, 4.69) is 10.6 Å². The van der Waals surface area contributed by atoms with Gasteiger partial charge in [0, 0.05) is 25.2 Å². The van der Waals surface area contributed by atoms with Crippen molar-refractivity contribution in [1.29, 1.82) is 0 Å². The summed E-state index contributed by atoms with van der Waals surface area (Å²) in [6.45, 7) is 1.65. The maximum atomic E-state index is 12.6. The predicted octanol–water partition coefficient (Wildman–Crippen LogP) is 0.934. The highest BCUT2D eigenvalue weighted by molar-refractivity contribution is 5.97. The van der Waals surface area contributed by atoms with E-state index in [0.717, 1.165) is 0 Å². The molecule has 25 heavy (non-hydrogen) atoms. The van der Waals surface area contributed by atoms with Gasteiger partial charge in [0.1, 0.15) is 6.04 Å². The molecule has 3 fully saturated rings. The van der Waals surface area contributed by atoms with Crippen LogP contribution in [0.2, 0.25) is 0 Å². The zero-order valence-corrected chi connectivity index (χ0v) is 14.2. The van der Waals surface area contributed by atoms with Crippen LogP contribution in [0, 0.1) is 11.3 Å². The van der Waals surface area contributed by atoms with Crippen molar-refractivity contribution in [3.05, 3.63) is 35.9 Å². The average molecular weight is 341 g/mol. The summed E-state index contributed by atoms with van der Waals surface area (Å²) in [5.74, 6) is 0.375. The molecule has 0 bridgehead atoms. The number of likely N-dealkylation sites (tertiary alicyclic amines) is 1. The van der Waals surface area contributed by atoms with Crippen LogP contribution >= 0.6 is 0 Å². The average Bonchev–Trinajstić information content (AvgIpc) is 3.28. The Morgan fingerprint density at radius 1 is 1.24 bits per heavy atom. The monoisotopic (exact) mass is 341 g/mol. The van der Waals surface area contributed by atoms with Crippen LogP contribution in [0.4, 0.5) is 0 Å². The van der Waals surface area contributed by atoms with Gasteiger partial charge in [-0.1, -0.05) is 18.2 Å². The summed E-state index contributed by atoms with van der Waals surface area (Å²) in [7, 11) is 0. The van der Waals surface area contributed by atoms with Crippen molar-refractivity contribution in [1.82, 2.24) is 15.5 Å². The summed E-state index contributed by atoms with van der Waals surface area (Å²) in [6, 6.07) is 8.64. The molecule has 6 heteroatoms. The molecule has 4 rings (SSSR count). The van der Waals surface area contributed by atoms with Gasteiger partial charge in [0.25, 0.3) is 5.91 Å². The van der Waals surface area contributed by atoms with E-state index in [-0.39, 0.29) is 17.7 Å². The maximum Gasteiger partial charge on any atom is 0.253 e. The Morgan fingerprint density at radius 2 is 2.00 bits per heavy atom. The molecular weight excluding hydrogens is 318 g/mol. The van der Waals surface area contributed by atoms with Crippen molar-refractivity contribution in [2.45, 2.75) is 31.7 Å². The van der Waals surface area contributed by atoms with Crippen molar-refractivity contribution in [3.8, 4) is 0 Å². The smallest absolute Gasteiger partial charge is 0.253 e. The standard InChI is InChI=1S/C19H23N3O3/c23-16(20-11-13-6-7-13)15-10-19(18(25)21-15)8-9-22(12-19)17(24)14-4-2-1-3-5-14/h1-5,13,15H,6-12H2,(H,20,23)(H,21,25)/t15-,19-/m0/s1. The van der Waals surface area contributed by atoms with Crippen LogP contribution in [0.3, 0.4) is 0 Å². The van der Waals surface area contributed by atoms with Crippen molar-refractivity contribution < 1.29 is 14.4 Å². The summed E-state index contributed by atoms with van der Waals surface area (Å²) in [4.78, 5) is 39.2. The van der Waals surface area contributed by atoms with Gasteiger partial charge in [0.2, 0.25) is 11.8 Å². The number of carbonyl (C=O) groups excluding carboxylic acids is 3. The molecule has 1 saturated carbocycles. The fourth-order valence-electron chi connectivity index (χ4n) is 3.86. The molecule has 2 atom stereocenters. The molecule has 2 aliphatic heterocycles. The number of carbonyl (C=O) groups is 3. The SMILES string of the molecule is O=C(NCC1CC1)[C@@H]1C[C@]2(CCN(C(=O)c3ccccc3)C2)C(=O)N1. The molecular formula is C19H23N3O3. The highest BCUT2D eigenvalue weighted by Gasteiger charge is 2.53. The van der Waals surface area contributed by atoms with Gasteiger partial charge in [0.15, 0.2) is 0 Å². The molecule has 0 unspecified atom stereocenters. The number of hydrogen-bond acceptors (Lipinski definition) is 3. The Kier molecular flexibility index (Phi) is 3.98. The molecule has 1 aromatic carbocycles. The fraction of sp³-hybridized carbons (Fsp3) is 0.526. The third-order valence-corrected chi connectivity index (χ3v) is 5.62. The van der Waals surface area contributed by atoms with E-state index in [9.17, 15) is 14.4 Å². The molecule has 2 N–H and O–H groups in total. The van der Waals surface area contributed by atoms with Gasteiger partial charge < -0.3 is 15.5 Å². The van der Waals surface area contributed by atoms with Crippen molar-refractivity contribution in [3.63, 3.8) is 0 Å². The van der Waals surface area contributed by atoms with E-state index in [4.69, 9.17) is 0 Å². The Labute approximate surface area is 147 Å². The van der Waals surface area contributed by atoms with Crippen LogP contribution < -0.4 is 10.6 Å². The molecule has 3 aliphatic rings. The molecule has 132 valence electrons. The normalized spacial score (nSPS) is 28.2. The van der Waals surface area contributed by atoms with Crippen LogP contribution in [0.5, 0.6) is 0 Å². The van der Waals surface area contributed by atoms with Gasteiger partial charge in [-0.3, -0.25) is 14.4 Å². The van der Waals surface area contributed by atoms with Crippen LogP contribution in [-0.2, 0) is 9.59 Å². The number of nitrogens with zero attached hydrogens (tertiary/aromatic N) is 1. The van der Waals surface area contributed by atoms with Crippen LogP contribution in [0.25, 0.3) is 0 Å². The maximum absolute atomic E-state index is 12.6. The third-order valence-electron chi connectivity index (χ3n) is 5.62. The van der Waals surface area contributed by atoms with E-state index in [1.807, 2.05) is 18.2 Å². The van der Waals surface area contributed by atoms with E-state index >= 15 is 0 Å². The third kappa shape index (κ3) is 3.13. The Bertz CT molecular complexity index is 701. The van der Waals surface area contributed by atoms with E-state index in [1.165, 1.54) is 12.8 Å². The van der Waals surface area contributed by atoms with Gasteiger partial charge in [-0.05, 0) is 43.7 Å². The number of hydrogen-bond donors (Lipinski definition) is 2. The molecule has 2 heterocycles. The molecule has 1 spiro atoms. The highest BCUT2D eigenvalue weighted by Crippen LogP contribution is 2.40. The number of amides is 3. The van der Waals surface area contributed by atoms with E-state index < -0.39 is 11.5 Å². The lowest BCUT2D eigenvalue weighted by atomic mass is 9.84. The first kappa shape index (κ1) is 16.1. The van der Waals surface area contributed by atoms with Crippen LogP contribution in [0.1, 0.15) is 36.0 Å². The minimum atomic E-state index is -0.619. The quantitative estimate of drug-likeness (QED) is 0.855. The lowest BCUT2D eigenvalue weighted by Gasteiger charge is -2.21. The van der Waals surface area contributed by atoms with Gasteiger partial charge in [-0.25, -0.2) is 0 Å². The Hall–Kier alpha value is -2.37.